The average molecular weight is 222 g/mol. The van der Waals surface area contributed by atoms with Crippen molar-refractivity contribution >= 4 is 23.0 Å². The number of hydrogen-bond donors (Lipinski definition) is 0. The summed E-state index contributed by atoms with van der Waals surface area (Å²) in [5.41, 5.74) is 3.16. The summed E-state index contributed by atoms with van der Waals surface area (Å²) in [6.07, 6.45) is 9.06. The maximum absolute atomic E-state index is 5.80. The molecule has 0 aliphatic heterocycles. The summed E-state index contributed by atoms with van der Waals surface area (Å²) >= 11 is 0. The van der Waals surface area contributed by atoms with Crippen molar-refractivity contribution in [3.8, 4) is 0 Å². The summed E-state index contributed by atoms with van der Waals surface area (Å²) < 4.78 is 7.88. The highest BCUT2D eigenvalue weighted by Gasteiger charge is 2.16. The van der Waals surface area contributed by atoms with Gasteiger partial charge in [-0.25, -0.2) is 0 Å². The van der Waals surface area contributed by atoms with Crippen LogP contribution in [-0.4, -0.2) is 9.38 Å². The Bertz CT molecular complexity index is 774. The molecule has 0 N–H and O–H groups in total. The maximum Gasteiger partial charge on any atom is 0.307 e. The van der Waals surface area contributed by atoms with E-state index in [2.05, 4.69) is 27.6 Å². The molecule has 0 saturated heterocycles. The van der Waals surface area contributed by atoms with E-state index in [0.29, 0.717) is 5.84 Å². The molecule has 3 aromatic rings. The third-order valence-corrected chi connectivity index (χ3v) is 3.08. The lowest BCUT2D eigenvalue weighted by atomic mass is 10.2. The van der Waals surface area contributed by atoms with E-state index in [-0.39, 0.29) is 0 Å². The second-order valence-corrected chi connectivity index (χ2v) is 4.12. The molecule has 0 spiro atoms. The molecule has 17 heavy (non-hydrogen) atoms. The fourth-order valence-corrected chi connectivity index (χ4v) is 2.31. The molecule has 1 aliphatic carbocycles. The Morgan fingerprint density at radius 3 is 3.12 bits per heavy atom. The highest BCUT2D eigenvalue weighted by Crippen LogP contribution is 2.25. The van der Waals surface area contributed by atoms with E-state index in [9.17, 15) is 0 Å². The Balaban J connectivity index is 2.19. The predicted molar refractivity (Wildman–Crippen MR) is 66.8 cm³/mol. The van der Waals surface area contributed by atoms with Gasteiger partial charge in [0.15, 0.2) is 0 Å². The Labute approximate surface area is 97.7 Å². The van der Waals surface area contributed by atoms with Crippen molar-refractivity contribution in [3.63, 3.8) is 0 Å². The first-order valence-electron chi connectivity index (χ1n) is 5.65. The molecule has 4 rings (SSSR count). The standard InChI is InChI=1S/C14H10N2O/c1-2-8-12-13(9-3-1)17-14-15-10-6-4-5-7-11(10)16(12)14/h1-8H,9H2. The number of hydrogen-bond acceptors (Lipinski definition) is 2. The fraction of sp³-hybridized carbons (Fsp3) is 0.0714. The van der Waals surface area contributed by atoms with Gasteiger partial charge in [-0.15, -0.1) is 0 Å². The van der Waals surface area contributed by atoms with Gasteiger partial charge in [-0.1, -0.05) is 30.4 Å². The van der Waals surface area contributed by atoms with Crippen molar-refractivity contribution in [2.75, 3.05) is 0 Å². The molecular formula is C14H10N2O. The molecule has 0 atom stereocenters. The molecule has 1 aromatic carbocycles. The van der Waals surface area contributed by atoms with Gasteiger partial charge in [-0.2, -0.15) is 4.98 Å². The second-order valence-electron chi connectivity index (χ2n) is 4.12. The molecule has 0 radical (unpaired) electrons. The van der Waals surface area contributed by atoms with Crippen molar-refractivity contribution in [1.82, 2.24) is 9.38 Å². The SMILES string of the molecule is C1=CCc2oc3nc4ccccc4n3c2C=C1. The summed E-state index contributed by atoms with van der Waals surface area (Å²) in [5, 5.41) is 0. The van der Waals surface area contributed by atoms with E-state index < -0.39 is 0 Å². The van der Waals surface area contributed by atoms with E-state index in [4.69, 9.17) is 4.42 Å². The van der Waals surface area contributed by atoms with E-state index in [1.807, 2.05) is 30.4 Å². The van der Waals surface area contributed by atoms with E-state index in [0.717, 1.165) is 28.9 Å². The summed E-state index contributed by atoms with van der Waals surface area (Å²) in [5.74, 6) is 1.65. The molecule has 2 aromatic heterocycles. The van der Waals surface area contributed by atoms with Crippen molar-refractivity contribution in [2.45, 2.75) is 6.42 Å². The van der Waals surface area contributed by atoms with E-state index in [1.54, 1.807) is 0 Å². The van der Waals surface area contributed by atoms with Gasteiger partial charge in [-0.05, 0) is 18.2 Å². The zero-order chi connectivity index (χ0) is 11.2. The molecular weight excluding hydrogens is 212 g/mol. The minimum atomic E-state index is 0.677. The van der Waals surface area contributed by atoms with Crippen LogP contribution < -0.4 is 0 Å². The highest BCUT2D eigenvalue weighted by molar-refractivity contribution is 5.81. The predicted octanol–water partition coefficient (Wildman–Crippen LogP) is 3.21. The fourth-order valence-electron chi connectivity index (χ4n) is 2.31. The van der Waals surface area contributed by atoms with Gasteiger partial charge in [0.1, 0.15) is 5.76 Å². The summed E-state index contributed by atoms with van der Waals surface area (Å²) in [4.78, 5) is 4.49. The van der Waals surface area contributed by atoms with Crippen molar-refractivity contribution in [2.24, 2.45) is 0 Å². The molecule has 0 fully saturated rings. The number of benzene rings is 1. The van der Waals surface area contributed by atoms with Crippen LogP contribution in [-0.2, 0) is 6.42 Å². The highest BCUT2D eigenvalue weighted by atomic mass is 16.4. The van der Waals surface area contributed by atoms with Crippen LogP contribution in [0.5, 0.6) is 0 Å². The van der Waals surface area contributed by atoms with Crippen LogP contribution in [0.3, 0.4) is 0 Å². The minimum Gasteiger partial charge on any atom is -0.427 e. The molecule has 0 amide bonds. The summed E-state index contributed by atoms with van der Waals surface area (Å²) in [7, 11) is 0. The first-order valence-corrected chi connectivity index (χ1v) is 5.65. The maximum atomic E-state index is 5.80. The molecule has 2 heterocycles. The topological polar surface area (TPSA) is 30.4 Å². The molecule has 1 aliphatic rings. The van der Waals surface area contributed by atoms with Crippen LogP contribution in [0, 0.1) is 0 Å². The number of para-hydroxylation sites is 2. The van der Waals surface area contributed by atoms with E-state index >= 15 is 0 Å². The number of rotatable bonds is 0. The van der Waals surface area contributed by atoms with Crippen LogP contribution in [0.15, 0.2) is 46.9 Å². The Hall–Kier alpha value is -2.29. The smallest absolute Gasteiger partial charge is 0.307 e. The van der Waals surface area contributed by atoms with Gasteiger partial charge in [0, 0.05) is 6.42 Å². The van der Waals surface area contributed by atoms with Gasteiger partial charge in [0.2, 0.25) is 0 Å². The Morgan fingerprint density at radius 1 is 1.18 bits per heavy atom. The van der Waals surface area contributed by atoms with Crippen LogP contribution in [0.1, 0.15) is 11.5 Å². The summed E-state index contributed by atoms with van der Waals surface area (Å²) in [6, 6.07) is 8.08. The van der Waals surface area contributed by atoms with Crippen LogP contribution in [0.4, 0.5) is 0 Å². The molecule has 3 heteroatoms. The number of imidazole rings is 1. The van der Waals surface area contributed by atoms with Crippen LogP contribution in [0.25, 0.3) is 23.0 Å². The quantitative estimate of drug-likeness (QED) is 0.584. The second kappa shape index (κ2) is 3.10. The number of aromatic nitrogens is 2. The Morgan fingerprint density at radius 2 is 2.12 bits per heavy atom. The van der Waals surface area contributed by atoms with Gasteiger partial charge >= 0.3 is 5.84 Å². The molecule has 0 saturated carbocycles. The van der Waals surface area contributed by atoms with Crippen LogP contribution >= 0.6 is 0 Å². The monoisotopic (exact) mass is 222 g/mol. The number of oxazole rings is 1. The zero-order valence-electron chi connectivity index (χ0n) is 9.13. The molecule has 0 bridgehead atoms. The first kappa shape index (κ1) is 8.82. The van der Waals surface area contributed by atoms with Gasteiger partial charge in [0.25, 0.3) is 0 Å². The molecule has 82 valence electrons. The molecule has 0 unspecified atom stereocenters. The number of fused-ring (bicyclic) bond motifs is 5. The lowest BCUT2D eigenvalue weighted by molar-refractivity contribution is 0.551. The summed E-state index contributed by atoms with van der Waals surface area (Å²) in [6.45, 7) is 0. The third-order valence-electron chi connectivity index (χ3n) is 3.08. The third kappa shape index (κ3) is 1.13. The van der Waals surface area contributed by atoms with Crippen molar-refractivity contribution in [3.05, 3.63) is 53.9 Å². The van der Waals surface area contributed by atoms with Crippen LogP contribution in [0.2, 0.25) is 0 Å². The lowest BCUT2D eigenvalue weighted by Gasteiger charge is -1.94. The van der Waals surface area contributed by atoms with Crippen molar-refractivity contribution < 1.29 is 4.42 Å². The zero-order valence-corrected chi connectivity index (χ0v) is 9.13. The lowest BCUT2D eigenvalue weighted by Crippen LogP contribution is -1.87. The normalized spacial score (nSPS) is 14.4. The average Bonchev–Trinajstić information content (AvgIpc) is 2.77. The van der Waals surface area contributed by atoms with Gasteiger partial charge < -0.3 is 4.42 Å². The molecule has 3 nitrogen and oxygen atoms in total. The number of allylic oxidation sites excluding steroid dienone is 3. The van der Waals surface area contributed by atoms with Crippen molar-refractivity contribution in [1.29, 1.82) is 0 Å². The van der Waals surface area contributed by atoms with Gasteiger partial charge in [-0.3, -0.25) is 4.40 Å². The number of nitrogens with zero attached hydrogens (tertiary/aromatic N) is 2. The van der Waals surface area contributed by atoms with E-state index in [1.165, 1.54) is 0 Å². The largest absolute Gasteiger partial charge is 0.427 e. The minimum absolute atomic E-state index is 0.677. The van der Waals surface area contributed by atoms with Gasteiger partial charge in [0.05, 0.1) is 16.7 Å². The Kier molecular flexibility index (Phi) is 1.61. The first-order chi connectivity index (χ1) is 8.43.